The highest BCUT2D eigenvalue weighted by atomic mass is 32.2. The molecule has 1 heterocycles. The Balaban J connectivity index is 2.23. The fourth-order valence-electron chi connectivity index (χ4n) is 2.06. The van der Waals surface area contributed by atoms with Gasteiger partial charge in [0, 0.05) is 6.04 Å². The standard InChI is InChI=1S/C16H21N3O2S/c1-11(2)18-14-7-8-16(17-10-14)19-22(20,21)15-9-12(3)5-6-13(15)4/h5-11,18H,1-4H3,(H,17,19). The number of nitrogens with one attached hydrogen (secondary N) is 2. The van der Waals surface area contributed by atoms with Crippen molar-refractivity contribution in [3.05, 3.63) is 47.7 Å². The number of hydrogen-bond donors (Lipinski definition) is 2. The van der Waals surface area contributed by atoms with Gasteiger partial charge in [-0.3, -0.25) is 4.72 Å². The minimum absolute atomic E-state index is 0.277. The van der Waals surface area contributed by atoms with Gasteiger partial charge in [0.1, 0.15) is 5.82 Å². The molecule has 5 nitrogen and oxygen atoms in total. The van der Waals surface area contributed by atoms with Crippen LogP contribution in [-0.4, -0.2) is 19.4 Å². The van der Waals surface area contributed by atoms with Gasteiger partial charge in [-0.1, -0.05) is 12.1 Å². The summed E-state index contributed by atoms with van der Waals surface area (Å²) in [6, 6.07) is 9.08. The van der Waals surface area contributed by atoms with Crippen molar-refractivity contribution < 1.29 is 8.42 Å². The van der Waals surface area contributed by atoms with Gasteiger partial charge in [0.05, 0.1) is 16.8 Å². The second-order valence-electron chi connectivity index (χ2n) is 5.61. The van der Waals surface area contributed by atoms with Crippen molar-refractivity contribution in [1.82, 2.24) is 4.98 Å². The van der Waals surface area contributed by atoms with E-state index in [-0.39, 0.29) is 4.90 Å². The Morgan fingerprint density at radius 2 is 1.82 bits per heavy atom. The van der Waals surface area contributed by atoms with Gasteiger partial charge in [0.15, 0.2) is 0 Å². The Morgan fingerprint density at radius 1 is 1.09 bits per heavy atom. The zero-order valence-corrected chi connectivity index (χ0v) is 14.0. The van der Waals surface area contributed by atoms with Crippen molar-refractivity contribution in [2.24, 2.45) is 0 Å². The fourth-order valence-corrected chi connectivity index (χ4v) is 3.40. The van der Waals surface area contributed by atoms with E-state index in [2.05, 4.69) is 15.0 Å². The minimum atomic E-state index is -3.64. The largest absolute Gasteiger partial charge is 0.382 e. The first-order valence-corrected chi connectivity index (χ1v) is 8.59. The topological polar surface area (TPSA) is 71.1 Å². The lowest BCUT2D eigenvalue weighted by molar-refractivity contribution is 0.600. The molecule has 118 valence electrons. The van der Waals surface area contributed by atoms with Crippen LogP contribution < -0.4 is 10.0 Å². The number of sulfonamides is 1. The van der Waals surface area contributed by atoms with Crippen molar-refractivity contribution in [2.75, 3.05) is 10.0 Å². The maximum atomic E-state index is 12.5. The molecule has 0 aliphatic carbocycles. The smallest absolute Gasteiger partial charge is 0.263 e. The van der Waals surface area contributed by atoms with Crippen LogP contribution in [0.2, 0.25) is 0 Å². The molecule has 0 fully saturated rings. The number of anilines is 2. The monoisotopic (exact) mass is 319 g/mol. The van der Waals surface area contributed by atoms with Crippen LogP contribution in [0.25, 0.3) is 0 Å². The van der Waals surface area contributed by atoms with Crippen molar-refractivity contribution >= 4 is 21.5 Å². The lowest BCUT2D eigenvalue weighted by Gasteiger charge is -2.12. The van der Waals surface area contributed by atoms with Crippen LogP contribution >= 0.6 is 0 Å². The van der Waals surface area contributed by atoms with Crippen LogP contribution in [0.4, 0.5) is 11.5 Å². The summed E-state index contributed by atoms with van der Waals surface area (Å²) < 4.78 is 27.5. The highest BCUT2D eigenvalue weighted by Gasteiger charge is 2.17. The third kappa shape index (κ3) is 3.98. The Kier molecular flexibility index (Phi) is 4.71. The number of hydrogen-bond acceptors (Lipinski definition) is 4. The molecular weight excluding hydrogens is 298 g/mol. The Labute approximate surface area is 131 Å². The summed E-state index contributed by atoms with van der Waals surface area (Å²) in [4.78, 5) is 4.42. The second kappa shape index (κ2) is 6.36. The molecule has 1 aromatic carbocycles. The van der Waals surface area contributed by atoms with Gasteiger partial charge in [-0.15, -0.1) is 0 Å². The summed E-state index contributed by atoms with van der Waals surface area (Å²) in [5.74, 6) is 0.301. The molecule has 0 unspecified atom stereocenters. The molecule has 0 bridgehead atoms. The zero-order valence-electron chi connectivity index (χ0n) is 13.2. The van der Waals surface area contributed by atoms with E-state index in [0.29, 0.717) is 17.4 Å². The molecule has 2 N–H and O–H groups in total. The average Bonchev–Trinajstić information content (AvgIpc) is 2.43. The fraction of sp³-hybridized carbons (Fsp3) is 0.312. The minimum Gasteiger partial charge on any atom is -0.382 e. The second-order valence-corrected chi connectivity index (χ2v) is 7.26. The molecule has 0 spiro atoms. The molecule has 0 atom stereocenters. The van der Waals surface area contributed by atoms with E-state index in [1.165, 1.54) is 0 Å². The van der Waals surface area contributed by atoms with Crippen molar-refractivity contribution in [3.63, 3.8) is 0 Å². The van der Waals surface area contributed by atoms with E-state index in [4.69, 9.17) is 0 Å². The van der Waals surface area contributed by atoms with E-state index in [9.17, 15) is 8.42 Å². The summed E-state index contributed by atoms with van der Waals surface area (Å²) in [6.45, 7) is 7.69. The average molecular weight is 319 g/mol. The summed E-state index contributed by atoms with van der Waals surface area (Å²) >= 11 is 0. The number of aromatic nitrogens is 1. The van der Waals surface area contributed by atoms with Gasteiger partial charge < -0.3 is 5.32 Å². The van der Waals surface area contributed by atoms with Gasteiger partial charge in [-0.05, 0) is 57.0 Å². The third-order valence-corrected chi connectivity index (χ3v) is 4.59. The lowest BCUT2D eigenvalue weighted by atomic mass is 10.2. The maximum absolute atomic E-state index is 12.5. The number of benzene rings is 1. The zero-order chi connectivity index (χ0) is 16.3. The molecule has 2 rings (SSSR count). The van der Waals surface area contributed by atoms with Gasteiger partial charge in [0.25, 0.3) is 10.0 Å². The van der Waals surface area contributed by atoms with Crippen LogP contribution in [0.15, 0.2) is 41.4 Å². The normalized spacial score (nSPS) is 11.5. The van der Waals surface area contributed by atoms with Crippen LogP contribution in [0.3, 0.4) is 0 Å². The van der Waals surface area contributed by atoms with E-state index in [0.717, 1.165) is 11.3 Å². The maximum Gasteiger partial charge on any atom is 0.263 e. The van der Waals surface area contributed by atoms with Gasteiger partial charge >= 0.3 is 0 Å². The van der Waals surface area contributed by atoms with Crippen molar-refractivity contribution in [3.8, 4) is 0 Å². The molecule has 1 aromatic heterocycles. The van der Waals surface area contributed by atoms with Gasteiger partial charge in [0.2, 0.25) is 0 Å². The molecule has 0 aliphatic rings. The molecule has 2 aromatic rings. The number of rotatable bonds is 5. The summed E-state index contributed by atoms with van der Waals surface area (Å²) in [5.41, 5.74) is 2.45. The molecule has 0 aliphatic heterocycles. The molecule has 0 radical (unpaired) electrons. The van der Waals surface area contributed by atoms with E-state index >= 15 is 0 Å². The Morgan fingerprint density at radius 3 is 2.41 bits per heavy atom. The molecule has 0 saturated heterocycles. The van der Waals surface area contributed by atoms with Gasteiger partial charge in [-0.25, -0.2) is 13.4 Å². The molecular formula is C16H21N3O2S. The van der Waals surface area contributed by atoms with Crippen LogP contribution in [0.1, 0.15) is 25.0 Å². The molecule has 0 saturated carbocycles. The molecule has 22 heavy (non-hydrogen) atoms. The quantitative estimate of drug-likeness (QED) is 0.887. The molecule has 6 heteroatoms. The lowest BCUT2D eigenvalue weighted by Crippen LogP contribution is -2.15. The number of nitrogens with zero attached hydrogens (tertiary/aromatic N) is 1. The van der Waals surface area contributed by atoms with E-state index in [1.54, 1.807) is 37.4 Å². The highest BCUT2D eigenvalue weighted by Crippen LogP contribution is 2.20. The van der Waals surface area contributed by atoms with Crippen molar-refractivity contribution in [2.45, 2.75) is 38.6 Å². The summed E-state index contributed by atoms with van der Waals surface area (Å²) in [5, 5.41) is 3.20. The van der Waals surface area contributed by atoms with Gasteiger partial charge in [-0.2, -0.15) is 0 Å². The predicted molar refractivity (Wildman–Crippen MR) is 89.7 cm³/mol. The third-order valence-electron chi connectivity index (χ3n) is 3.09. The summed E-state index contributed by atoms with van der Waals surface area (Å²) in [7, 11) is -3.64. The van der Waals surface area contributed by atoms with Crippen LogP contribution in [0, 0.1) is 13.8 Å². The first kappa shape index (κ1) is 16.3. The number of aryl methyl sites for hydroxylation is 2. The SMILES string of the molecule is Cc1ccc(C)c(S(=O)(=O)Nc2ccc(NC(C)C)cn2)c1. The predicted octanol–water partition coefficient (Wildman–Crippen LogP) is 3.32. The van der Waals surface area contributed by atoms with Crippen LogP contribution in [-0.2, 0) is 10.0 Å². The molecule has 0 amide bonds. The van der Waals surface area contributed by atoms with E-state index < -0.39 is 10.0 Å². The first-order chi connectivity index (χ1) is 10.3. The van der Waals surface area contributed by atoms with Crippen LogP contribution in [0.5, 0.6) is 0 Å². The van der Waals surface area contributed by atoms with E-state index in [1.807, 2.05) is 26.8 Å². The van der Waals surface area contributed by atoms with Crippen molar-refractivity contribution in [1.29, 1.82) is 0 Å². The highest BCUT2D eigenvalue weighted by molar-refractivity contribution is 7.92. The Bertz CT molecular complexity index is 753. The first-order valence-electron chi connectivity index (χ1n) is 7.10. The Hall–Kier alpha value is -2.08. The summed E-state index contributed by atoms with van der Waals surface area (Å²) in [6.07, 6.45) is 1.61. The number of pyridine rings is 1.